The molecule has 1 heterocycles. The van der Waals surface area contributed by atoms with Gasteiger partial charge in [0.1, 0.15) is 0 Å². The summed E-state index contributed by atoms with van der Waals surface area (Å²) in [6, 6.07) is 9.71. The number of tetrazole rings is 1. The minimum Gasteiger partial charge on any atom is -0.469 e. The summed E-state index contributed by atoms with van der Waals surface area (Å²) in [4.78, 5) is 16.9. The number of aryl methyl sites for hydroxylation is 3. The summed E-state index contributed by atoms with van der Waals surface area (Å²) >= 11 is 0. The number of hydrogen-bond donors (Lipinski definition) is 0. The van der Waals surface area contributed by atoms with Gasteiger partial charge in [-0.1, -0.05) is 24.2 Å². The normalized spacial score (nSPS) is 12.8. The Balaban J connectivity index is 1.63. The summed E-state index contributed by atoms with van der Waals surface area (Å²) in [6.45, 7) is 4.86. The van der Waals surface area contributed by atoms with Gasteiger partial charge in [-0.2, -0.15) is 23.2 Å². The monoisotopic (exact) mass is 583 g/mol. The van der Waals surface area contributed by atoms with Crippen LogP contribution in [0.5, 0.6) is 0 Å². The molecule has 0 fully saturated rings. The topological polar surface area (TPSA) is 100 Å². The van der Waals surface area contributed by atoms with Crippen molar-refractivity contribution in [3.05, 3.63) is 69.3 Å². The summed E-state index contributed by atoms with van der Waals surface area (Å²) in [7, 11) is 3.03. The van der Waals surface area contributed by atoms with E-state index in [2.05, 4.69) is 39.4 Å². The third-order valence-corrected chi connectivity index (χ3v) is 7.55. The van der Waals surface area contributed by atoms with Gasteiger partial charge in [0, 0.05) is 26.1 Å². The second-order valence-electron chi connectivity index (χ2n) is 10.6. The molecule has 1 aliphatic carbocycles. The molecule has 0 atom stereocenters. The van der Waals surface area contributed by atoms with Crippen LogP contribution in [0.4, 0.5) is 19.1 Å². The Morgan fingerprint density at radius 2 is 1.79 bits per heavy atom. The van der Waals surface area contributed by atoms with E-state index in [1.54, 1.807) is 11.9 Å². The second kappa shape index (κ2) is 13.8. The smallest absolute Gasteiger partial charge is 0.416 e. The molecule has 0 spiro atoms. The van der Waals surface area contributed by atoms with Crippen LogP contribution in [-0.4, -0.2) is 51.3 Å². The number of alkyl halides is 3. The van der Waals surface area contributed by atoms with Gasteiger partial charge in [0.05, 0.1) is 31.4 Å². The van der Waals surface area contributed by atoms with Gasteiger partial charge in [0.2, 0.25) is 0 Å². The van der Waals surface area contributed by atoms with Crippen molar-refractivity contribution in [1.82, 2.24) is 25.1 Å². The van der Waals surface area contributed by atoms with Gasteiger partial charge in [-0.15, -0.1) is 5.10 Å². The maximum Gasteiger partial charge on any atom is 0.416 e. The molecule has 0 amide bonds. The fourth-order valence-electron chi connectivity index (χ4n) is 5.35. The predicted octanol–water partition coefficient (Wildman–Crippen LogP) is 4.96. The summed E-state index contributed by atoms with van der Waals surface area (Å²) in [6.07, 6.45) is 0.496. The van der Waals surface area contributed by atoms with Gasteiger partial charge < -0.3 is 9.64 Å². The van der Waals surface area contributed by atoms with Crippen molar-refractivity contribution in [3.63, 3.8) is 0 Å². The number of halogens is 3. The molecular formula is C30H36F3N7O2. The molecular weight excluding hydrogens is 547 g/mol. The Labute approximate surface area is 243 Å². The molecule has 12 heteroatoms. The number of unbranched alkanes of at least 4 members (excludes halogenated alkanes) is 1. The molecule has 0 radical (unpaired) electrons. The fraction of sp³-hybridized carbons (Fsp3) is 0.500. The molecule has 0 unspecified atom stereocenters. The zero-order valence-corrected chi connectivity index (χ0v) is 24.2. The van der Waals surface area contributed by atoms with Crippen LogP contribution >= 0.6 is 0 Å². The van der Waals surface area contributed by atoms with Crippen molar-refractivity contribution in [2.75, 3.05) is 25.1 Å². The zero-order chi connectivity index (χ0) is 30.3. The number of carbonyl (C=O) groups excluding carboxylic acids is 1. The van der Waals surface area contributed by atoms with Crippen molar-refractivity contribution in [1.29, 1.82) is 5.26 Å². The number of fused-ring (bicyclic) bond motifs is 1. The van der Waals surface area contributed by atoms with E-state index in [0.29, 0.717) is 25.1 Å². The van der Waals surface area contributed by atoms with E-state index in [-0.39, 0.29) is 24.0 Å². The molecule has 224 valence electrons. The van der Waals surface area contributed by atoms with Crippen LogP contribution < -0.4 is 4.90 Å². The first-order valence-electron chi connectivity index (χ1n) is 14.1. The van der Waals surface area contributed by atoms with E-state index in [1.165, 1.54) is 29.1 Å². The summed E-state index contributed by atoms with van der Waals surface area (Å²) in [5.41, 5.74) is 4.20. The molecule has 0 N–H and O–H groups in total. The van der Waals surface area contributed by atoms with Crippen LogP contribution in [0.2, 0.25) is 0 Å². The van der Waals surface area contributed by atoms with Crippen LogP contribution in [0, 0.1) is 11.3 Å². The van der Waals surface area contributed by atoms with Gasteiger partial charge in [-0.25, -0.2) is 0 Å². The van der Waals surface area contributed by atoms with Gasteiger partial charge in [0.25, 0.3) is 5.95 Å². The number of nitrogens with zero attached hydrogens (tertiary/aromatic N) is 7. The van der Waals surface area contributed by atoms with E-state index in [9.17, 15) is 23.2 Å². The lowest BCUT2D eigenvalue weighted by atomic mass is 9.98. The standard InChI is InChI=1S/C30H36F3N7O2/c1-4-39(11-6-5-10-28(41)42-3)19-25-15-23-8-7-9-24(23)16-26(25)20-40(29-35-37-38(2)36-29)18-22-12-21(17-34)13-27(14-22)30(31,32)33/h12-16H,4-11,18-20H2,1-3H3. The molecule has 9 nitrogen and oxygen atoms in total. The van der Waals surface area contributed by atoms with Crippen LogP contribution in [-0.2, 0) is 55.2 Å². The number of benzene rings is 2. The molecule has 1 aromatic heterocycles. The molecule has 3 aromatic rings. The molecule has 0 saturated carbocycles. The highest BCUT2D eigenvalue weighted by Gasteiger charge is 2.31. The molecule has 0 bridgehead atoms. The number of hydrogen-bond acceptors (Lipinski definition) is 8. The van der Waals surface area contributed by atoms with Crippen molar-refractivity contribution in [2.24, 2.45) is 7.05 Å². The number of ether oxygens (including phenoxy) is 1. The van der Waals surface area contributed by atoms with E-state index >= 15 is 0 Å². The minimum absolute atomic E-state index is 0.0594. The van der Waals surface area contributed by atoms with Crippen LogP contribution in [0.15, 0.2) is 30.3 Å². The third kappa shape index (κ3) is 8.06. The number of nitriles is 1. The van der Waals surface area contributed by atoms with Crippen molar-refractivity contribution in [3.8, 4) is 6.07 Å². The Morgan fingerprint density at radius 1 is 1.07 bits per heavy atom. The maximum atomic E-state index is 13.6. The number of methoxy groups -OCH3 is 1. The summed E-state index contributed by atoms with van der Waals surface area (Å²) in [5, 5.41) is 21.9. The molecule has 1 aliphatic rings. The third-order valence-electron chi connectivity index (χ3n) is 7.55. The highest BCUT2D eigenvalue weighted by molar-refractivity contribution is 5.68. The maximum absolute atomic E-state index is 13.6. The first-order chi connectivity index (χ1) is 20.1. The lowest BCUT2D eigenvalue weighted by Crippen LogP contribution is -2.28. The SMILES string of the molecule is CCN(CCCCC(=O)OC)Cc1cc2c(cc1CN(Cc1cc(C#N)cc(C(F)(F)F)c1)c1nnn(C)n1)CCC2. The number of carbonyl (C=O) groups is 1. The van der Waals surface area contributed by atoms with Gasteiger partial charge in [0.15, 0.2) is 0 Å². The highest BCUT2D eigenvalue weighted by atomic mass is 19.4. The molecule has 0 saturated heterocycles. The summed E-state index contributed by atoms with van der Waals surface area (Å²) in [5.74, 6) is 0.0781. The van der Waals surface area contributed by atoms with Crippen molar-refractivity contribution < 1.29 is 22.7 Å². The minimum atomic E-state index is -4.58. The zero-order valence-electron chi connectivity index (χ0n) is 24.2. The van der Waals surface area contributed by atoms with Gasteiger partial charge >= 0.3 is 12.1 Å². The average Bonchev–Trinajstić information content (AvgIpc) is 3.61. The summed E-state index contributed by atoms with van der Waals surface area (Å²) < 4.78 is 45.6. The van der Waals surface area contributed by atoms with Gasteiger partial charge in [-0.05, 0) is 96.4 Å². The molecule has 0 aliphatic heterocycles. The lowest BCUT2D eigenvalue weighted by molar-refractivity contribution is -0.140. The molecule has 42 heavy (non-hydrogen) atoms. The van der Waals surface area contributed by atoms with E-state index in [1.807, 2.05) is 6.07 Å². The Morgan fingerprint density at radius 3 is 2.38 bits per heavy atom. The first-order valence-corrected chi connectivity index (χ1v) is 14.1. The number of anilines is 1. The average molecular weight is 584 g/mol. The molecule has 4 rings (SSSR count). The quantitative estimate of drug-likeness (QED) is 0.206. The Bertz CT molecular complexity index is 1430. The number of aromatic nitrogens is 4. The van der Waals surface area contributed by atoms with E-state index in [4.69, 9.17) is 4.74 Å². The number of esters is 1. The Kier molecular flexibility index (Phi) is 10.2. The second-order valence-corrected chi connectivity index (χ2v) is 10.6. The number of rotatable bonds is 13. The highest BCUT2D eigenvalue weighted by Crippen LogP contribution is 2.32. The Hall–Kier alpha value is -3.98. The van der Waals surface area contributed by atoms with E-state index < -0.39 is 11.7 Å². The fourth-order valence-corrected chi connectivity index (χ4v) is 5.35. The largest absolute Gasteiger partial charge is 0.469 e. The van der Waals surface area contributed by atoms with Gasteiger partial charge in [-0.3, -0.25) is 9.69 Å². The van der Waals surface area contributed by atoms with Crippen LogP contribution in [0.1, 0.15) is 71.6 Å². The first kappa shape index (κ1) is 31.0. The van der Waals surface area contributed by atoms with Crippen LogP contribution in [0.25, 0.3) is 0 Å². The van der Waals surface area contributed by atoms with Crippen LogP contribution in [0.3, 0.4) is 0 Å². The molecule has 2 aromatic carbocycles. The van der Waals surface area contributed by atoms with E-state index in [0.717, 1.165) is 68.5 Å². The predicted molar refractivity (Wildman–Crippen MR) is 150 cm³/mol. The van der Waals surface area contributed by atoms with Crippen molar-refractivity contribution in [2.45, 2.75) is 71.3 Å². The lowest BCUT2D eigenvalue weighted by Gasteiger charge is -2.26. The van der Waals surface area contributed by atoms with Crippen molar-refractivity contribution >= 4 is 11.9 Å².